The van der Waals surface area contributed by atoms with Crippen LogP contribution in [0.4, 0.5) is 0 Å². The van der Waals surface area contributed by atoms with Crippen LogP contribution in [-0.4, -0.2) is 20.6 Å². The minimum atomic E-state index is -0.901. The average Bonchev–Trinajstić information content (AvgIpc) is 2.28. The molecule has 0 bridgehead atoms. The van der Waals surface area contributed by atoms with Gasteiger partial charge in [-0.15, -0.1) is 0 Å². The van der Waals surface area contributed by atoms with Crippen molar-refractivity contribution in [1.82, 2.24) is 9.55 Å². The second-order valence-corrected chi connectivity index (χ2v) is 4.47. The van der Waals surface area contributed by atoms with E-state index >= 15 is 0 Å². The summed E-state index contributed by atoms with van der Waals surface area (Å²) in [4.78, 5) is 26.5. The topological polar surface area (TPSA) is 72.2 Å². The lowest BCUT2D eigenvalue weighted by atomic mass is 10.1. The summed E-state index contributed by atoms with van der Waals surface area (Å²) in [5.74, 6) is -0.901. The first-order valence-corrected chi connectivity index (χ1v) is 6.26. The van der Waals surface area contributed by atoms with Crippen LogP contribution in [0.3, 0.4) is 0 Å². The van der Waals surface area contributed by atoms with Gasteiger partial charge in [0.1, 0.15) is 0 Å². The molecule has 1 heterocycles. The summed E-state index contributed by atoms with van der Waals surface area (Å²) in [6.45, 7) is 6.18. The van der Waals surface area contributed by atoms with Crippen molar-refractivity contribution in [3.8, 4) is 0 Å². The van der Waals surface area contributed by atoms with Gasteiger partial charge in [-0.05, 0) is 20.3 Å². The van der Waals surface area contributed by atoms with Crippen molar-refractivity contribution in [2.75, 3.05) is 0 Å². The van der Waals surface area contributed by atoms with Gasteiger partial charge in [0.2, 0.25) is 0 Å². The first-order chi connectivity index (χ1) is 8.47. The summed E-state index contributed by atoms with van der Waals surface area (Å²) >= 11 is 0. The molecule has 0 aliphatic carbocycles. The monoisotopic (exact) mass is 252 g/mol. The molecule has 0 unspecified atom stereocenters. The Balaban J connectivity index is 3.10. The Kier molecular flexibility index (Phi) is 5.07. The predicted molar refractivity (Wildman–Crippen MR) is 68.8 cm³/mol. The maximum Gasteiger partial charge on any atom is 0.347 e. The Bertz CT molecular complexity index is 492. The number of rotatable bonds is 6. The molecule has 5 heteroatoms. The van der Waals surface area contributed by atoms with E-state index in [1.807, 2.05) is 0 Å². The molecular formula is C13H20N2O3. The fourth-order valence-corrected chi connectivity index (χ4v) is 2.03. The Morgan fingerprint density at radius 1 is 1.33 bits per heavy atom. The highest BCUT2D eigenvalue weighted by Crippen LogP contribution is 2.11. The quantitative estimate of drug-likeness (QED) is 0.782. The first kappa shape index (κ1) is 14.4. The van der Waals surface area contributed by atoms with Gasteiger partial charge in [0.05, 0.1) is 6.42 Å². The molecule has 0 radical (unpaired) electrons. The molecular weight excluding hydrogens is 232 g/mol. The summed E-state index contributed by atoms with van der Waals surface area (Å²) in [5.41, 5.74) is 1.62. The van der Waals surface area contributed by atoms with Crippen LogP contribution in [0.2, 0.25) is 0 Å². The van der Waals surface area contributed by atoms with Crippen molar-refractivity contribution in [1.29, 1.82) is 0 Å². The smallest absolute Gasteiger partial charge is 0.347 e. The number of carbonyl (C=O) groups is 1. The highest BCUT2D eigenvalue weighted by atomic mass is 16.4. The summed E-state index contributed by atoms with van der Waals surface area (Å²) < 4.78 is 1.58. The Morgan fingerprint density at radius 3 is 2.56 bits per heavy atom. The maximum atomic E-state index is 11.8. The minimum absolute atomic E-state index is 0.0846. The van der Waals surface area contributed by atoms with Crippen LogP contribution in [0, 0.1) is 13.8 Å². The molecule has 0 aromatic carbocycles. The molecule has 0 aliphatic rings. The lowest BCUT2D eigenvalue weighted by molar-refractivity contribution is -0.136. The molecule has 0 saturated heterocycles. The number of nitrogens with zero attached hydrogens (tertiary/aromatic N) is 2. The number of aromatic nitrogens is 2. The van der Waals surface area contributed by atoms with Gasteiger partial charge in [0.15, 0.2) is 0 Å². The molecule has 0 atom stereocenters. The number of carboxylic acids is 1. The van der Waals surface area contributed by atoms with Gasteiger partial charge in [-0.1, -0.05) is 19.8 Å². The second-order valence-electron chi connectivity index (χ2n) is 4.47. The third kappa shape index (κ3) is 3.42. The second kappa shape index (κ2) is 6.33. The molecule has 100 valence electrons. The number of aliphatic carboxylic acids is 1. The molecule has 5 nitrogen and oxygen atoms in total. The standard InChI is InChI=1S/C13H20N2O3/c1-4-5-6-7-15-10(3)11(8-12(16)17)9(2)14-13(15)18/h4-8H2,1-3H3,(H,16,17). The molecule has 1 N–H and O–H groups in total. The number of hydrogen-bond acceptors (Lipinski definition) is 3. The van der Waals surface area contributed by atoms with Gasteiger partial charge in [-0.3, -0.25) is 9.36 Å². The van der Waals surface area contributed by atoms with E-state index in [4.69, 9.17) is 5.11 Å². The SMILES string of the molecule is CCCCCn1c(C)c(CC(=O)O)c(C)nc1=O. The summed E-state index contributed by atoms with van der Waals surface area (Å²) in [6, 6.07) is 0. The van der Waals surface area contributed by atoms with Crippen molar-refractivity contribution in [2.24, 2.45) is 0 Å². The van der Waals surface area contributed by atoms with Crippen molar-refractivity contribution < 1.29 is 9.90 Å². The van der Waals surface area contributed by atoms with E-state index in [-0.39, 0.29) is 12.1 Å². The fourth-order valence-electron chi connectivity index (χ4n) is 2.03. The lowest BCUT2D eigenvalue weighted by Crippen LogP contribution is -2.28. The minimum Gasteiger partial charge on any atom is -0.481 e. The number of hydrogen-bond donors (Lipinski definition) is 1. The zero-order valence-electron chi connectivity index (χ0n) is 11.2. The molecule has 0 aliphatic heterocycles. The average molecular weight is 252 g/mol. The molecule has 0 saturated carbocycles. The number of unbranched alkanes of at least 4 members (excludes halogenated alkanes) is 2. The van der Waals surface area contributed by atoms with Gasteiger partial charge in [0, 0.05) is 23.5 Å². The largest absolute Gasteiger partial charge is 0.481 e. The van der Waals surface area contributed by atoms with Crippen LogP contribution in [0.25, 0.3) is 0 Å². The molecule has 0 spiro atoms. The van der Waals surface area contributed by atoms with Crippen LogP contribution in [0.5, 0.6) is 0 Å². The Labute approximate surface area is 106 Å². The van der Waals surface area contributed by atoms with Gasteiger partial charge >= 0.3 is 11.7 Å². The summed E-state index contributed by atoms with van der Waals surface area (Å²) in [6.07, 6.45) is 2.95. The van der Waals surface area contributed by atoms with E-state index in [1.54, 1.807) is 18.4 Å². The molecule has 0 amide bonds. The van der Waals surface area contributed by atoms with Crippen LogP contribution in [-0.2, 0) is 17.8 Å². The normalized spacial score (nSPS) is 10.6. The zero-order chi connectivity index (χ0) is 13.7. The van der Waals surface area contributed by atoms with Gasteiger partial charge < -0.3 is 5.11 Å². The molecule has 1 rings (SSSR count). The van der Waals surface area contributed by atoms with Crippen molar-refractivity contribution in [3.05, 3.63) is 27.4 Å². The zero-order valence-corrected chi connectivity index (χ0v) is 11.2. The van der Waals surface area contributed by atoms with Crippen LogP contribution in [0.15, 0.2) is 4.79 Å². The molecule has 0 fully saturated rings. The van der Waals surface area contributed by atoms with Crippen LogP contribution in [0.1, 0.15) is 43.1 Å². The number of aryl methyl sites for hydroxylation is 1. The van der Waals surface area contributed by atoms with Crippen molar-refractivity contribution >= 4 is 5.97 Å². The van der Waals surface area contributed by atoms with E-state index in [2.05, 4.69) is 11.9 Å². The molecule has 1 aromatic rings. The van der Waals surface area contributed by atoms with Crippen LogP contribution >= 0.6 is 0 Å². The molecule has 1 aromatic heterocycles. The van der Waals surface area contributed by atoms with E-state index in [9.17, 15) is 9.59 Å². The van der Waals surface area contributed by atoms with E-state index < -0.39 is 5.97 Å². The van der Waals surface area contributed by atoms with Crippen molar-refractivity contribution in [3.63, 3.8) is 0 Å². The summed E-state index contributed by atoms with van der Waals surface area (Å²) in [5, 5.41) is 8.87. The molecule has 18 heavy (non-hydrogen) atoms. The number of carboxylic acid groups (broad SMARTS) is 1. The third-order valence-electron chi connectivity index (χ3n) is 3.09. The van der Waals surface area contributed by atoms with E-state index in [1.165, 1.54) is 0 Å². The lowest BCUT2D eigenvalue weighted by Gasteiger charge is -2.14. The maximum absolute atomic E-state index is 11.8. The van der Waals surface area contributed by atoms with E-state index in [0.29, 0.717) is 17.8 Å². The highest BCUT2D eigenvalue weighted by molar-refractivity contribution is 5.70. The Hall–Kier alpha value is -1.65. The predicted octanol–water partition coefficient (Wildman–Crippen LogP) is 1.68. The van der Waals surface area contributed by atoms with Gasteiger partial charge in [-0.2, -0.15) is 4.98 Å². The van der Waals surface area contributed by atoms with Gasteiger partial charge in [0.25, 0.3) is 0 Å². The third-order valence-corrected chi connectivity index (χ3v) is 3.09. The van der Waals surface area contributed by atoms with E-state index in [0.717, 1.165) is 25.0 Å². The van der Waals surface area contributed by atoms with Crippen LogP contribution < -0.4 is 5.69 Å². The first-order valence-electron chi connectivity index (χ1n) is 6.26. The van der Waals surface area contributed by atoms with Gasteiger partial charge in [-0.25, -0.2) is 4.79 Å². The fraction of sp³-hybridized carbons (Fsp3) is 0.615. The Morgan fingerprint density at radius 2 is 2.00 bits per heavy atom. The van der Waals surface area contributed by atoms with Crippen molar-refractivity contribution in [2.45, 2.75) is 53.0 Å². The highest BCUT2D eigenvalue weighted by Gasteiger charge is 2.13. The summed E-state index contributed by atoms with van der Waals surface area (Å²) in [7, 11) is 0.